The van der Waals surface area contributed by atoms with Crippen molar-refractivity contribution in [3.63, 3.8) is 0 Å². The number of hydrogen-bond donors (Lipinski definition) is 3. The summed E-state index contributed by atoms with van der Waals surface area (Å²) >= 11 is 7.86. The van der Waals surface area contributed by atoms with Crippen molar-refractivity contribution in [3.8, 4) is 22.1 Å². The molecule has 3 N–H and O–H groups in total. The topological polar surface area (TPSA) is 170 Å². The van der Waals surface area contributed by atoms with E-state index in [9.17, 15) is 29.7 Å². The molecule has 59 heavy (non-hydrogen) atoms. The summed E-state index contributed by atoms with van der Waals surface area (Å²) in [5, 5.41) is 39.7. The molecule has 296 valence electrons. The summed E-state index contributed by atoms with van der Waals surface area (Å²) in [6.45, 7) is 3.74. The van der Waals surface area contributed by atoms with Crippen molar-refractivity contribution in [1.82, 2.24) is 9.78 Å². The largest absolute Gasteiger partial charge is 0.507 e. The number of phenolic OH excluding ortho intramolecular Hbond substituents is 1. The second kappa shape index (κ2) is 12.8. The zero-order valence-electron chi connectivity index (χ0n) is 31.8. The van der Waals surface area contributed by atoms with E-state index in [1.807, 2.05) is 55.5 Å². The fourth-order valence-electron chi connectivity index (χ4n) is 10.4. The predicted molar refractivity (Wildman–Crippen MR) is 222 cm³/mol. The van der Waals surface area contributed by atoms with Gasteiger partial charge >= 0.3 is 5.97 Å². The lowest BCUT2D eigenvalue weighted by atomic mass is 9.51. The summed E-state index contributed by atoms with van der Waals surface area (Å²) in [4.78, 5) is 73.7. The maximum absolute atomic E-state index is 15.3. The van der Waals surface area contributed by atoms with E-state index >= 15 is 9.59 Å². The summed E-state index contributed by atoms with van der Waals surface area (Å²) in [5.74, 6) is -7.96. The number of fused-ring (bicyclic) bond motifs is 6. The first kappa shape index (κ1) is 37.0. The Morgan fingerprint density at radius 2 is 1.68 bits per heavy atom. The molecule has 12 nitrogen and oxygen atoms in total. The van der Waals surface area contributed by atoms with Crippen molar-refractivity contribution in [2.45, 2.75) is 32.6 Å². The highest BCUT2D eigenvalue weighted by Crippen LogP contribution is 2.65. The molecule has 0 spiro atoms. The molecule has 4 heterocycles. The van der Waals surface area contributed by atoms with Gasteiger partial charge in [0.25, 0.3) is 0 Å². The Morgan fingerprint density at radius 3 is 2.44 bits per heavy atom. The van der Waals surface area contributed by atoms with Crippen molar-refractivity contribution in [2.75, 3.05) is 9.80 Å². The molecule has 0 bridgehead atoms. The summed E-state index contributed by atoms with van der Waals surface area (Å²) in [7, 11) is 1.68. The number of aromatic hydroxyl groups is 2. The Hall–Kier alpha value is -6.31. The lowest BCUT2D eigenvalue weighted by Gasteiger charge is -2.49. The van der Waals surface area contributed by atoms with Crippen molar-refractivity contribution in [3.05, 3.63) is 112 Å². The average Bonchev–Trinajstić information content (AvgIpc) is 3.88. The van der Waals surface area contributed by atoms with Gasteiger partial charge in [0.05, 0.1) is 33.7 Å². The molecule has 2 saturated heterocycles. The van der Waals surface area contributed by atoms with E-state index in [2.05, 4.69) is 0 Å². The van der Waals surface area contributed by atoms with Gasteiger partial charge in [-0.1, -0.05) is 59.6 Å². The molecular weight excluding hydrogens is 792 g/mol. The molecule has 6 unspecified atom stereocenters. The maximum Gasteiger partial charge on any atom is 0.339 e. The molecule has 10 rings (SSSR count). The smallest absolute Gasteiger partial charge is 0.339 e. The zero-order valence-corrected chi connectivity index (χ0v) is 33.4. The fraction of sp³-hybridized carbons (Fsp3) is 0.244. The quantitative estimate of drug-likeness (QED) is 0.115. The first-order valence-corrected chi connectivity index (χ1v) is 20.4. The highest BCUT2D eigenvalue weighted by molar-refractivity contribution is 7.22. The van der Waals surface area contributed by atoms with Crippen LogP contribution in [0.15, 0.2) is 90.5 Å². The number of nitrogens with zero attached hydrogens (tertiary/aromatic N) is 4. The molecule has 3 fully saturated rings. The number of aryl methyl sites for hydroxylation is 2. The molecule has 2 aliphatic carbocycles. The molecule has 0 radical (unpaired) electrons. The van der Waals surface area contributed by atoms with Gasteiger partial charge in [0.1, 0.15) is 28.6 Å². The molecule has 6 aromatic rings. The normalized spacial score (nSPS) is 25.2. The minimum atomic E-state index is -1.43. The number of benzene rings is 4. The van der Waals surface area contributed by atoms with Crippen LogP contribution >= 0.6 is 22.9 Å². The highest BCUT2D eigenvalue weighted by Gasteiger charge is 2.68. The number of aromatic nitrogens is 2. The van der Waals surface area contributed by atoms with Crippen LogP contribution in [0, 0.1) is 36.0 Å². The standard InChI is InChI=1S/C45H35ClN4O8S/c1-20-29-16-22(46)9-15-34(29)59-39(20)32-19-35(48(3)47-32)50-41(54)31-18-30-25(37(45(31,2)44(50)58)28-11-8-21-6-4-5-7-24(21)38(28)52)13-14-27-36(30)42(55)49(40(27)53)23-10-12-26(43(56)57)33(51)17-23/h4-13,15-17,19,27,30-31,36-37,51-52H,14,18H2,1-3H3,(H,56,57). The Labute approximate surface area is 345 Å². The number of phenols is 2. The van der Waals surface area contributed by atoms with E-state index in [-0.39, 0.29) is 35.7 Å². The van der Waals surface area contributed by atoms with Crippen LogP contribution in [0.2, 0.25) is 5.02 Å². The molecule has 14 heteroatoms. The van der Waals surface area contributed by atoms with Crippen molar-refractivity contribution < 1.29 is 39.3 Å². The molecule has 6 atom stereocenters. The Bertz CT molecular complexity index is 2950. The minimum Gasteiger partial charge on any atom is -0.507 e. The fourth-order valence-corrected chi connectivity index (χ4v) is 11.7. The lowest BCUT2D eigenvalue weighted by Crippen LogP contribution is -2.49. The number of carboxylic acid groups (broad SMARTS) is 1. The van der Waals surface area contributed by atoms with E-state index < -0.39 is 70.4 Å². The molecule has 4 amide bonds. The van der Waals surface area contributed by atoms with Crippen LogP contribution in [0.25, 0.3) is 31.4 Å². The van der Waals surface area contributed by atoms with Gasteiger partial charge in [0.2, 0.25) is 23.6 Å². The molecular formula is C45H35ClN4O8S. The molecule has 4 aliphatic rings. The first-order chi connectivity index (χ1) is 28.2. The third kappa shape index (κ3) is 5.07. The number of thiophene rings is 1. The summed E-state index contributed by atoms with van der Waals surface area (Å²) < 4.78 is 2.54. The van der Waals surface area contributed by atoms with Crippen LogP contribution in [-0.2, 0) is 26.2 Å². The van der Waals surface area contributed by atoms with E-state index in [1.165, 1.54) is 27.0 Å². The van der Waals surface area contributed by atoms with Crippen LogP contribution in [0.1, 0.15) is 47.2 Å². The number of aromatic carboxylic acids is 1. The predicted octanol–water partition coefficient (Wildman–Crippen LogP) is 7.96. The van der Waals surface area contributed by atoms with Gasteiger partial charge in [-0.2, -0.15) is 5.10 Å². The molecule has 2 aliphatic heterocycles. The van der Waals surface area contributed by atoms with Crippen molar-refractivity contribution in [1.29, 1.82) is 0 Å². The number of hydrogen-bond acceptors (Lipinski definition) is 9. The summed E-state index contributed by atoms with van der Waals surface area (Å²) in [6, 6.07) is 21.9. The van der Waals surface area contributed by atoms with E-state index in [4.69, 9.17) is 16.7 Å². The Morgan fingerprint density at radius 1 is 0.898 bits per heavy atom. The van der Waals surface area contributed by atoms with E-state index in [0.717, 1.165) is 42.9 Å². The van der Waals surface area contributed by atoms with Crippen LogP contribution in [-0.4, -0.2) is 54.7 Å². The maximum atomic E-state index is 15.3. The zero-order chi connectivity index (χ0) is 41.4. The molecule has 2 aromatic heterocycles. The third-order valence-electron chi connectivity index (χ3n) is 13.2. The average molecular weight is 827 g/mol. The van der Waals surface area contributed by atoms with Crippen molar-refractivity contribution in [2.24, 2.45) is 36.1 Å². The van der Waals surface area contributed by atoms with Crippen LogP contribution in [0.4, 0.5) is 11.5 Å². The van der Waals surface area contributed by atoms with Gasteiger partial charge in [-0.25, -0.2) is 14.6 Å². The second-order valence-corrected chi connectivity index (χ2v) is 17.6. The molecule has 1 saturated carbocycles. The monoisotopic (exact) mass is 826 g/mol. The van der Waals surface area contributed by atoms with Gasteiger partial charge in [-0.3, -0.25) is 23.9 Å². The van der Waals surface area contributed by atoms with Gasteiger partial charge in [-0.15, -0.1) is 11.3 Å². The number of allylic oxidation sites excluding steroid dienone is 2. The number of halogens is 1. The SMILES string of the molecule is Cc1c(-c2cc(N3C(=O)C4CC5C(=CCC6C(=O)N(c7ccc(C(=O)O)c(O)c7)C(=O)C65)C(c5ccc6ccccc6c5O)C4(C)C3=O)n(C)n2)sc2ccc(Cl)cc12. The van der Waals surface area contributed by atoms with Crippen LogP contribution < -0.4 is 9.80 Å². The van der Waals surface area contributed by atoms with Gasteiger partial charge < -0.3 is 15.3 Å². The van der Waals surface area contributed by atoms with E-state index in [1.54, 1.807) is 32.2 Å². The summed E-state index contributed by atoms with van der Waals surface area (Å²) in [5.41, 5.74) is 0.899. The Balaban J connectivity index is 1.10. The third-order valence-corrected chi connectivity index (χ3v) is 14.7. The number of carbonyl (C=O) groups is 5. The highest BCUT2D eigenvalue weighted by atomic mass is 35.5. The number of carboxylic acids is 1. The van der Waals surface area contributed by atoms with E-state index in [0.29, 0.717) is 27.2 Å². The van der Waals surface area contributed by atoms with Gasteiger partial charge in [0.15, 0.2) is 0 Å². The van der Waals surface area contributed by atoms with Crippen LogP contribution in [0.5, 0.6) is 11.5 Å². The second-order valence-electron chi connectivity index (χ2n) is 16.1. The minimum absolute atomic E-state index is 0.0325. The van der Waals surface area contributed by atoms with Gasteiger partial charge in [-0.05, 0) is 79.3 Å². The van der Waals surface area contributed by atoms with Crippen LogP contribution in [0.3, 0.4) is 0 Å². The number of anilines is 2. The van der Waals surface area contributed by atoms with Crippen molar-refractivity contribution >= 4 is 84.9 Å². The molecule has 4 aromatic carbocycles. The van der Waals surface area contributed by atoms with Gasteiger partial charge in [0, 0.05) is 45.8 Å². The summed E-state index contributed by atoms with van der Waals surface area (Å²) in [6.07, 6.45) is 2.12. The Kier molecular flexibility index (Phi) is 8.05. The number of carbonyl (C=O) groups excluding carboxylic acids is 4. The lowest BCUT2D eigenvalue weighted by molar-refractivity contribution is -0.131. The first-order valence-electron chi connectivity index (χ1n) is 19.2. The number of amides is 4. The number of imide groups is 2. The number of rotatable bonds is 5.